The van der Waals surface area contributed by atoms with Gasteiger partial charge in [0.2, 0.25) is 11.8 Å². The summed E-state index contributed by atoms with van der Waals surface area (Å²) in [4.78, 5) is 40.5. The van der Waals surface area contributed by atoms with Crippen LogP contribution in [0.2, 0.25) is 0 Å². The second-order valence-electron chi connectivity index (χ2n) is 4.44. The molecule has 20 heavy (non-hydrogen) atoms. The summed E-state index contributed by atoms with van der Waals surface area (Å²) in [7, 11) is 0. The molecule has 0 spiro atoms. The van der Waals surface area contributed by atoms with E-state index in [1.165, 1.54) is 0 Å². The van der Waals surface area contributed by atoms with Crippen molar-refractivity contribution >= 4 is 11.8 Å². The zero-order valence-electron chi connectivity index (χ0n) is 11.4. The van der Waals surface area contributed by atoms with E-state index in [1.54, 1.807) is 13.8 Å². The smallest absolute Gasteiger partial charge is 0.254 e. The zero-order valence-corrected chi connectivity index (χ0v) is 11.4. The number of rotatable bonds is 6. The number of carbonyl (C=O) groups is 2. The molecular weight excluding hydrogens is 264 g/mol. The molecule has 1 rings (SSSR count). The Labute approximate surface area is 115 Å². The van der Waals surface area contributed by atoms with Crippen LogP contribution in [0.5, 0.6) is 0 Å². The quantitative estimate of drug-likeness (QED) is 0.491. The zero-order chi connectivity index (χ0) is 15.3. The van der Waals surface area contributed by atoms with E-state index in [0.717, 1.165) is 0 Å². The predicted molar refractivity (Wildman–Crippen MR) is 70.9 cm³/mol. The van der Waals surface area contributed by atoms with Crippen molar-refractivity contribution in [1.29, 1.82) is 0 Å². The van der Waals surface area contributed by atoms with Gasteiger partial charge in [-0.1, -0.05) is 0 Å². The Morgan fingerprint density at radius 3 is 2.65 bits per heavy atom. The molecular formula is C12H18N4O4. The lowest BCUT2D eigenvalue weighted by molar-refractivity contribution is -0.127. The third-order valence-corrected chi connectivity index (χ3v) is 2.76. The Balaban J connectivity index is 2.54. The van der Waals surface area contributed by atoms with Gasteiger partial charge in [0.15, 0.2) is 0 Å². The summed E-state index contributed by atoms with van der Waals surface area (Å²) in [5, 5.41) is 11.5. The highest BCUT2D eigenvalue weighted by Crippen LogP contribution is 2.02. The highest BCUT2D eigenvalue weighted by molar-refractivity contribution is 5.81. The maximum absolute atomic E-state index is 11.7. The van der Waals surface area contributed by atoms with Crippen LogP contribution in [0, 0.1) is 13.8 Å². The number of hydrogen-bond acceptors (Lipinski definition) is 5. The minimum absolute atomic E-state index is 0.0557. The Morgan fingerprint density at radius 1 is 1.45 bits per heavy atom. The Kier molecular flexibility index (Phi) is 5.39. The lowest BCUT2D eigenvalue weighted by atomic mass is 10.1. The van der Waals surface area contributed by atoms with Crippen molar-refractivity contribution in [2.24, 2.45) is 5.73 Å². The molecule has 8 nitrogen and oxygen atoms in total. The van der Waals surface area contributed by atoms with Gasteiger partial charge in [0.25, 0.3) is 5.56 Å². The van der Waals surface area contributed by atoms with Gasteiger partial charge in [-0.25, -0.2) is 4.98 Å². The van der Waals surface area contributed by atoms with Crippen molar-refractivity contribution in [2.75, 3.05) is 6.54 Å². The maximum Gasteiger partial charge on any atom is 0.254 e. The van der Waals surface area contributed by atoms with Crippen LogP contribution < -0.4 is 16.6 Å². The Bertz CT molecular complexity index is 567. The molecule has 0 fully saturated rings. The summed E-state index contributed by atoms with van der Waals surface area (Å²) in [6, 6.07) is 0. The third-order valence-electron chi connectivity index (χ3n) is 2.76. The van der Waals surface area contributed by atoms with Gasteiger partial charge in [0.05, 0.1) is 6.54 Å². The van der Waals surface area contributed by atoms with E-state index >= 15 is 0 Å². The first-order chi connectivity index (χ1) is 9.31. The van der Waals surface area contributed by atoms with Crippen molar-refractivity contribution in [1.82, 2.24) is 15.3 Å². The monoisotopic (exact) mass is 282 g/mol. The lowest BCUT2D eigenvalue weighted by Gasteiger charge is -2.09. The highest BCUT2D eigenvalue weighted by atomic mass is 16.3. The number of primary amides is 1. The minimum Gasteiger partial charge on any atom is -0.381 e. The Morgan fingerprint density at radius 2 is 2.10 bits per heavy atom. The number of aliphatic hydroxyl groups excluding tert-OH is 1. The first-order valence-corrected chi connectivity index (χ1v) is 6.11. The van der Waals surface area contributed by atoms with Crippen LogP contribution >= 0.6 is 0 Å². The van der Waals surface area contributed by atoms with E-state index in [2.05, 4.69) is 15.3 Å². The Hall–Kier alpha value is -2.22. The number of aromatic amines is 1. The fourth-order valence-corrected chi connectivity index (χ4v) is 1.68. The molecule has 5 N–H and O–H groups in total. The van der Waals surface area contributed by atoms with Gasteiger partial charge in [0, 0.05) is 17.7 Å². The largest absolute Gasteiger partial charge is 0.381 e. The van der Waals surface area contributed by atoms with E-state index in [1.807, 2.05) is 0 Å². The second-order valence-corrected chi connectivity index (χ2v) is 4.44. The van der Waals surface area contributed by atoms with Crippen LogP contribution in [0.3, 0.4) is 0 Å². The number of hydrogen-bond donors (Lipinski definition) is 4. The summed E-state index contributed by atoms with van der Waals surface area (Å²) in [5.41, 5.74) is 5.61. The third kappa shape index (κ3) is 4.47. The molecule has 0 aliphatic carbocycles. The number of nitrogens with one attached hydrogen (secondary N) is 2. The number of amides is 2. The molecule has 0 saturated heterocycles. The highest BCUT2D eigenvalue weighted by Gasteiger charge is 2.13. The van der Waals surface area contributed by atoms with Crippen LogP contribution in [-0.4, -0.2) is 39.5 Å². The van der Waals surface area contributed by atoms with Gasteiger partial charge in [-0.2, -0.15) is 0 Å². The summed E-state index contributed by atoms with van der Waals surface area (Å²) >= 11 is 0. The molecule has 1 atom stereocenters. The van der Waals surface area contributed by atoms with E-state index in [9.17, 15) is 14.4 Å². The fourth-order valence-electron chi connectivity index (χ4n) is 1.68. The molecule has 0 aliphatic heterocycles. The number of nitrogens with two attached hydrogens (primary N) is 1. The van der Waals surface area contributed by atoms with E-state index in [4.69, 9.17) is 10.8 Å². The fraction of sp³-hybridized carbons (Fsp3) is 0.500. The molecule has 0 radical (unpaired) electrons. The average molecular weight is 282 g/mol. The molecule has 1 aromatic heterocycles. The number of aromatic nitrogens is 2. The first kappa shape index (κ1) is 15.8. The van der Waals surface area contributed by atoms with Crippen LogP contribution in [-0.2, 0) is 16.0 Å². The van der Waals surface area contributed by atoms with Crippen molar-refractivity contribution in [2.45, 2.75) is 32.8 Å². The van der Waals surface area contributed by atoms with Gasteiger partial charge in [-0.3, -0.25) is 14.4 Å². The maximum atomic E-state index is 11.7. The summed E-state index contributed by atoms with van der Waals surface area (Å²) in [5.74, 6) is -0.768. The number of H-pyrrole nitrogens is 1. The SMILES string of the molecule is Cc1nc(C)c(CCC(=O)NCC(O)C(N)=O)c(=O)[nH]1. The molecule has 0 aromatic carbocycles. The topological polar surface area (TPSA) is 138 Å². The van der Waals surface area contributed by atoms with Crippen molar-refractivity contribution < 1.29 is 14.7 Å². The minimum atomic E-state index is -1.41. The first-order valence-electron chi connectivity index (χ1n) is 6.11. The van der Waals surface area contributed by atoms with Crippen LogP contribution in [0.15, 0.2) is 4.79 Å². The standard InChI is InChI=1S/C12H18N4O4/c1-6-8(12(20)16-7(2)15-6)3-4-10(18)14-5-9(17)11(13)19/h9,17H,3-5H2,1-2H3,(H2,13,19)(H,14,18)(H,15,16,20). The number of aryl methyl sites for hydroxylation is 2. The van der Waals surface area contributed by atoms with Crippen molar-refractivity contribution in [3.8, 4) is 0 Å². The number of carbonyl (C=O) groups excluding carboxylic acids is 2. The number of aliphatic hydroxyl groups is 1. The van der Waals surface area contributed by atoms with E-state index in [-0.39, 0.29) is 30.9 Å². The molecule has 110 valence electrons. The lowest BCUT2D eigenvalue weighted by Crippen LogP contribution is -2.40. The molecule has 0 aliphatic rings. The van der Waals surface area contributed by atoms with Gasteiger partial charge < -0.3 is 21.1 Å². The second kappa shape index (κ2) is 6.80. The van der Waals surface area contributed by atoms with E-state index < -0.39 is 12.0 Å². The van der Waals surface area contributed by atoms with Gasteiger partial charge >= 0.3 is 0 Å². The predicted octanol–water partition coefficient (Wildman–Crippen LogP) is -1.72. The van der Waals surface area contributed by atoms with E-state index in [0.29, 0.717) is 17.1 Å². The van der Waals surface area contributed by atoms with Crippen molar-refractivity contribution in [3.05, 3.63) is 27.4 Å². The van der Waals surface area contributed by atoms with Gasteiger partial charge in [0.1, 0.15) is 11.9 Å². The summed E-state index contributed by atoms with van der Waals surface area (Å²) in [6.45, 7) is 3.14. The van der Waals surface area contributed by atoms with Gasteiger partial charge in [-0.05, 0) is 20.3 Å². The molecule has 1 heterocycles. The van der Waals surface area contributed by atoms with Gasteiger partial charge in [-0.15, -0.1) is 0 Å². The summed E-state index contributed by atoms with van der Waals surface area (Å²) < 4.78 is 0. The summed E-state index contributed by atoms with van der Waals surface area (Å²) in [6.07, 6.45) is -1.13. The van der Waals surface area contributed by atoms with Crippen molar-refractivity contribution in [3.63, 3.8) is 0 Å². The van der Waals surface area contributed by atoms with Crippen LogP contribution in [0.4, 0.5) is 0 Å². The molecule has 2 amide bonds. The molecule has 0 saturated carbocycles. The molecule has 1 unspecified atom stereocenters. The number of nitrogens with zero attached hydrogens (tertiary/aromatic N) is 1. The molecule has 0 bridgehead atoms. The molecule has 8 heteroatoms. The van der Waals surface area contributed by atoms with Crippen LogP contribution in [0.1, 0.15) is 23.5 Å². The normalized spacial score (nSPS) is 11.9. The average Bonchev–Trinajstić information content (AvgIpc) is 2.34. The van der Waals surface area contributed by atoms with Crippen LogP contribution in [0.25, 0.3) is 0 Å². The molecule has 1 aromatic rings.